The second-order valence-electron chi connectivity index (χ2n) is 5.81. The number of carboxylic acid groups (broad SMARTS) is 1. The average molecular weight is 280 g/mol. The van der Waals surface area contributed by atoms with Gasteiger partial charge in [0.2, 0.25) is 0 Å². The minimum atomic E-state index is -0.593. The number of hydrogen-bond acceptors (Lipinski definition) is 4. The van der Waals surface area contributed by atoms with E-state index in [1.54, 1.807) is 11.3 Å². The van der Waals surface area contributed by atoms with E-state index in [1.165, 1.54) is 5.01 Å². The van der Waals surface area contributed by atoms with Crippen molar-refractivity contribution in [2.75, 3.05) is 13.1 Å². The van der Waals surface area contributed by atoms with Crippen LogP contribution in [-0.2, 0) is 17.8 Å². The molecule has 3 rings (SSSR count). The SMILES string of the molecule is CCc1nc(CN2C[C@@H]3CCC[C@@]3(C(=O)O)C2)cs1. The van der Waals surface area contributed by atoms with Crippen LogP contribution in [0.3, 0.4) is 0 Å². The molecule has 2 atom stereocenters. The summed E-state index contributed by atoms with van der Waals surface area (Å²) in [5.41, 5.74) is 0.631. The number of fused-ring (bicyclic) bond motifs is 1. The fraction of sp³-hybridized carbons (Fsp3) is 0.714. The maximum atomic E-state index is 11.6. The summed E-state index contributed by atoms with van der Waals surface area (Å²) in [5, 5.41) is 12.8. The molecule has 2 aliphatic rings. The highest BCUT2D eigenvalue weighted by Crippen LogP contribution is 2.49. The van der Waals surface area contributed by atoms with Crippen LogP contribution >= 0.6 is 11.3 Å². The van der Waals surface area contributed by atoms with Crippen molar-refractivity contribution in [3.05, 3.63) is 16.1 Å². The molecule has 0 spiro atoms. The molecule has 1 aromatic rings. The van der Waals surface area contributed by atoms with Gasteiger partial charge in [-0.3, -0.25) is 9.69 Å². The summed E-state index contributed by atoms with van der Waals surface area (Å²) in [6.45, 7) is 4.54. The molecular formula is C14H20N2O2S. The predicted octanol–water partition coefficient (Wildman–Crippen LogP) is 2.39. The van der Waals surface area contributed by atoms with Crippen molar-refractivity contribution in [2.45, 2.75) is 39.2 Å². The van der Waals surface area contributed by atoms with Gasteiger partial charge in [-0.25, -0.2) is 4.98 Å². The third kappa shape index (κ3) is 2.19. The van der Waals surface area contributed by atoms with E-state index in [9.17, 15) is 9.90 Å². The van der Waals surface area contributed by atoms with E-state index >= 15 is 0 Å². The van der Waals surface area contributed by atoms with Gasteiger partial charge in [-0.2, -0.15) is 0 Å². The molecule has 1 saturated heterocycles. The first-order valence-electron chi connectivity index (χ1n) is 7.03. The van der Waals surface area contributed by atoms with Crippen molar-refractivity contribution < 1.29 is 9.90 Å². The minimum Gasteiger partial charge on any atom is -0.481 e. The lowest BCUT2D eigenvalue weighted by molar-refractivity contribution is -0.149. The molecule has 104 valence electrons. The predicted molar refractivity (Wildman–Crippen MR) is 74.2 cm³/mol. The third-order valence-corrected chi connectivity index (χ3v) is 5.70. The Balaban J connectivity index is 1.70. The molecule has 2 fully saturated rings. The van der Waals surface area contributed by atoms with Gasteiger partial charge in [-0.15, -0.1) is 11.3 Å². The van der Waals surface area contributed by atoms with E-state index < -0.39 is 11.4 Å². The van der Waals surface area contributed by atoms with Crippen molar-refractivity contribution in [1.82, 2.24) is 9.88 Å². The Labute approximate surface area is 117 Å². The summed E-state index contributed by atoms with van der Waals surface area (Å²) >= 11 is 1.71. The lowest BCUT2D eigenvalue weighted by atomic mass is 9.81. The van der Waals surface area contributed by atoms with Crippen LogP contribution in [0.4, 0.5) is 0 Å². The molecule has 1 aliphatic carbocycles. The Bertz CT molecular complexity index is 488. The van der Waals surface area contributed by atoms with E-state index in [-0.39, 0.29) is 0 Å². The van der Waals surface area contributed by atoms with Crippen LogP contribution in [0.1, 0.15) is 36.9 Å². The zero-order chi connectivity index (χ0) is 13.5. The molecule has 2 heterocycles. The van der Waals surface area contributed by atoms with Gasteiger partial charge in [-0.05, 0) is 25.2 Å². The van der Waals surface area contributed by atoms with Crippen LogP contribution in [-0.4, -0.2) is 34.0 Å². The molecule has 4 nitrogen and oxygen atoms in total. The number of rotatable bonds is 4. The van der Waals surface area contributed by atoms with Crippen LogP contribution in [0.15, 0.2) is 5.38 Å². The van der Waals surface area contributed by atoms with Crippen LogP contribution in [0.25, 0.3) is 0 Å². The Morgan fingerprint density at radius 2 is 2.53 bits per heavy atom. The Morgan fingerprint density at radius 3 is 3.16 bits per heavy atom. The number of hydrogen-bond donors (Lipinski definition) is 1. The zero-order valence-electron chi connectivity index (χ0n) is 11.3. The standard InChI is InChI=1S/C14H20N2O2S/c1-2-12-15-11(8-19-12)7-16-6-10-4-3-5-14(10,9-16)13(17)18/h8,10H,2-7,9H2,1H3,(H,17,18)/t10-,14+/m0/s1. The van der Waals surface area contributed by atoms with E-state index in [4.69, 9.17) is 0 Å². The molecular weight excluding hydrogens is 260 g/mol. The highest BCUT2D eigenvalue weighted by molar-refractivity contribution is 7.09. The van der Waals surface area contributed by atoms with Gasteiger partial charge in [0.05, 0.1) is 16.1 Å². The maximum Gasteiger partial charge on any atom is 0.311 e. The lowest BCUT2D eigenvalue weighted by Gasteiger charge is -2.23. The second-order valence-corrected chi connectivity index (χ2v) is 6.75. The Hall–Kier alpha value is -0.940. The molecule has 5 heteroatoms. The number of aliphatic carboxylic acids is 1. The van der Waals surface area contributed by atoms with Gasteiger partial charge < -0.3 is 5.11 Å². The summed E-state index contributed by atoms with van der Waals surface area (Å²) in [4.78, 5) is 18.5. The third-order valence-electron chi connectivity index (χ3n) is 4.65. The highest BCUT2D eigenvalue weighted by atomic mass is 32.1. The number of carbonyl (C=O) groups is 1. The molecule has 0 unspecified atom stereocenters. The van der Waals surface area contributed by atoms with Crippen molar-refractivity contribution in [3.8, 4) is 0 Å². The van der Waals surface area contributed by atoms with Crippen molar-refractivity contribution in [3.63, 3.8) is 0 Å². The van der Waals surface area contributed by atoms with Gasteiger partial charge in [0.15, 0.2) is 0 Å². The van der Waals surface area contributed by atoms with Crippen molar-refractivity contribution >= 4 is 17.3 Å². The quantitative estimate of drug-likeness (QED) is 0.920. The molecule has 19 heavy (non-hydrogen) atoms. The monoisotopic (exact) mass is 280 g/mol. The number of aryl methyl sites for hydroxylation is 1. The van der Waals surface area contributed by atoms with Crippen LogP contribution in [0.2, 0.25) is 0 Å². The molecule has 0 amide bonds. The maximum absolute atomic E-state index is 11.6. The zero-order valence-corrected chi connectivity index (χ0v) is 12.1. The van der Waals surface area contributed by atoms with E-state index in [0.29, 0.717) is 12.5 Å². The summed E-state index contributed by atoms with van der Waals surface area (Å²) in [6.07, 6.45) is 3.97. The molecule has 0 radical (unpaired) electrons. The molecule has 1 aliphatic heterocycles. The van der Waals surface area contributed by atoms with Gasteiger partial charge in [0.1, 0.15) is 0 Å². The smallest absolute Gasteiger partial charge is 0.311 e. The second kappa shape index (κ2) is 4.87. The fourth-order valence-corrected chi connectivity index (χ4v) is 4.41. The first-order chi connectivity index (χ1) is 9.14. The van der Waals surface area contributed by atoms with E-state index in [0.717, 1.165) is 44.5 Å². The Kier molecular flexibility index (Phi) is 3.35. The molecule has 1 saturated carbocycles. The summed E-state index contributed by atoms with van der Waals surface area (Å²) in [6, 6.07) is 0. The lowest BCUT2D eigenvalue weighted by Crippen LogP contribution is -2.35. The first-order valence-corrected chi connectivity index (χ1v) is 7.91. The molecule has 1 aromatic heterocycles. The average Bonchev–Trinajstić information content (AvgIpc) is 3.02. The van der Waals surface area contributed by atoms with Gasteiger partial charge in [0, 0.05) is 25.0 Å². The highest BCUT2D eigenvalue weighted by Gasteiger charge is 2.54. The fourth-order valence-electron chi connectivity index (χ4n) is 3.68. The van der Waals surface area contributed by atoms with E-state index in [2.05, 4.69) is 22.2 Å². The minimum absolute atomic E-state index is 0.342. The molecule has 1 N–H and O–H groups in total. The van der Waals surface area contributed by atoms with Gasteiger partial charge >= 0.3 is 5.97 Å². The normalized spacial score (nSPS) is 30.7. The van der Waals surface area contributed by atoms with E-state index in [1.807, 2.05) is 0 Å². The topological polar surface area (TPSA) is 53.4 Å². The largest absolute Gasteiger partial charge is 0.481 e. The van der Waals surface area contributed by atoms with Gasteiger partial charge in [0.25, 0.3) is 0 Å². The van der Waals surface area contributed by atoms with Crippen molar-refractivity contribution in [1.29, 1.82) is 0 Å². The van der Waals surface area contributed by atoms with Crippen LogP contribution in [0.5, 0.6) is 0 Å². The number of carboxylic acids is 1. The number of likely N-dealkylation sites (tertiary alicyclic amines) is 1. The summed E-state index contributed by atoms with van der Waals surface area (Å²) in [7, 11) is 0. The van der Waals surface area contributed by atoms with Gasteiger partial charge in [-0.1, -0.05) is 13.3 Å². The first kappa shape index (κ1) is 13.1. The van der Waals surface area contributed by atoms with Crippen molar-refractivity contribution in [2.24, 2.45) is 11.3 Å². The molecule has 0 bridgehead atoms. The van der Waals surface area contributed by atoms with Crippen LogP contribution in [0, 0.1) is 11.3 Å². The summed E-state index contributed by atoms with van der Waals surface area (Å²) < 4.78 is 0. The summed E-state index contributed by atoms with van der Waals surface area (Å²) in [5.74, 6) is -0.251. The Morgan fingerprint density at radius 1 is 1.68 bits per heavy atom. The number of nitrogens with zero attached hydrogens (tertiary/aromatic N) is 2. The molecule has 0 aromatic carbocycles. The number of aromatic nitrogens is 1. The van der Waals surface area contributed by atoms with Crippen LogP contribution < -0.4 is 0 Å². The number of thiazole rings is 1.